The van der Waals surface area contributed by atoms with Crippen molar-refractivity contribution < 1.29 is 4.79 Å². The number of nitrogens with two attached hydrogens (primary N) is 2. The zero-order valence-electron chi connectivity index (χ0n) is 4.50. The molecule has 0 heterocycles. The monoisotopic (exact) mass is 115 g/mol. The predicted molar refractivity (Wildman–Crippen MR) is 30.3 cm³/mol. The summed E-state index contributed by atoms with van der Waals surface area (Å²) < 4.78 is 0. The molecule has 0 saturated carbocycles. The van der Waals surface area contributed by atoms with Gasteiger partial charge >= 0.3 is 0 Å². The number of rotatable bonds is 3. The molecule has 0 saturated heterocycles. The second-order valence-electron chi connectivity index (χ2n) is 1.32. The Morgan fingerprint density at radius 1 is 1.88 bits per heavy atom. The van der Waals surface area contributed by atoms with Gasteiger partial charge in [0.05, 0.1) is 0 Å². The van der Waals surface area contributed by atoms with Crippen molar-refractivity contribution in [2.45, 2.75) is 0 Å². The maximum absolute atomic E-state index is 10.0. The molecule has 0 aliphatic carbocycles. The van der Waals surface area contributed by atoms with Crippen molar-refractivity contribution in [2.75, 3.05) is 6.54 Å². The summed E-state index contributed by atoms with van der Waals surface area (Å²) in [6.07, 6.45) is 1.32. The molecular formula is C4H9N3O. The van der Waals surface area contributed by atoms with Crippen LogP contribution in [-0.4, -0.2) is 17.5 Å². The van der Waals surface area contributed by atoms with E-state index in [0.717, 1.165) is 5.01 Å². The van der Waals surface area contributed by atoms with Crippen molar-refractivity contribution in [1.82, 2.24) is 5.01 Å². The first-order valence-electron chi connectivity index (χ1n) is 2.09. The van der Waals surface area contributed by atoms with Crippen LogP contribution in [0.15, 0.2) is 12.8 Å². The molecule has 0 unspecified atom stereocenters. The Morgan fingerprint density at radius 2 is 2.38 bits per heavy atom. The number of hydrogen-bond donors (Lipinski definition) is 2. The normalized spacial score (nSPS) is 8.12. The van der Waals surface area contributed by atoms with E-state index in [-0.39, 0.29) is 6.54 Å². The topological polar surface area (TPSA) is 72.3 Å². The maximum Gasteiger partial charge on any atom is 0.238 e. The molecule has 0 spiro atoms. The minimum atomic E-state index is -0.465. The van der Waals surface area contributed by atoms with E-state index < -0.39 is 5.91 Å². The lowest BCUT2D eigenvalue weighted by atomic mass is 10.6. The quantitative estimate of drug-likeness (QED) is 0.358. The number of carbonyl (C=O) groups is 1. The molecule has 0 aromatic rings. The Labute approximate surface area is 47.7 Å². The van der Waals surface area contributed by atoms with Crippen molar-refractivity contribution in [3.63, 3.8) is 0 Å². The highest BCUT2D eigenvalue weighted by atomic mass is 16.1. The smallest absolute Gasteiger partial charge is 0.238 e. The number of carbonyl (C=O) groups excluding carboxylic acids is 1. The zero-order chi connectivity index (χ0) is 6.57. The van der Waals surface area contributed by atoms with Crippen molar-refractivity contribution in [3.05, 3.63) is 12.8 Å². The van der Waals surface area contributed by atoms with Crippen LogP contribution >= 0.6 is 0 Å². The third-order valence-electron chi connectivity index (χ3n) is 0.573. The second kappa shape index (κ2) is 3.04. The first-order chi connectivity index (χ1) is 3.66. The number of primary amides is 1. The summed E-state index contributed by atoms with van der Waals surface area (Å²) in [5, 5.41) is 1.11. The summed E-state index contributed by atoms with van der Waals surface area (Å²) in [5.74, 6) is 4.62. The first-order valence-corrected chi connectivity index (χ1v) is 2.09. The Hall–Kier alpha value is -1.03. The summed E-state index contributed by atoms with van der Waals surface area (Å²) >= 11 is 0. The fourth-order valence-corrected chi connectivity index (χ4v) is 0.244. The third kappa shape index (κ3) is 3.17. The average Bonchev–Trinajstić information content (AvgIpc) is 1.65. The molecule has 4 nitrogen and oxygen atoms in total. The zero-order valence-corrected chi connectivity index (χ0v) is 4.50. The molecule has 8 heavy (non-hydrogen) atoms. The molecule has 0 aromatic heterocycles. The first kappa shape index (κ1) is 6.97. The van der Waals surface area contributed by atoms with Crippen LogP contribution < -0.4 is 11.6 Å². The van der Waals surface area contributed by atoms with E-state index in [1.807, 2.05) is 0 Å². The highest BCUT2D eigenvalue weighted by molar-refractivity contribution is 5.75. The molecule has 4 N–H and O–H groups in total. The van der Waals surface area contributed by atoms with E-state index in [4.69, 9.17) is 11.6 Å². The molecule has 0 rings (SSSR count). The van der Waals surface area contributed by atoms with Gasteiger partial charge in [0, 0.05) is 6.20 Å². The largest absolute Gasteiger partial charge is 0.368 e. The fourth-order valence-electron chi connectivity index (χ4n) is 0.244. The predicted octanol–water partition coefficient (Wildman–Crippen LogP) is -1.21. The van der Waals surface area contributed by atoms with E-state index in [9.17, 15) is 4.79 Å². The van der Waals surface area contributed by atoms with Crippen molar-refractivity contribution in [1.29, 1.82) is 0 Å². The van der Waals surface area contributed by atoms with Gasteiger partial charge in [0.2, 0.25) is 5.91 Å². The van der Waals surface area contributed by atoms with Gasteiger partial charge in [-0.3, -0.25) is 4.79 Å². The molecule has 0 bridgehead atoms. The van der Waals surface area contributed by atoms with E-state index in [2.05, 4.69) is 6.58 Å². The molecule has 0 aromatic carbocycles. The van der Waals surface area contributed by atoms with E-state index in [1.165, 1.54) is 6.20 Å². The van der Waals surface area contributed by atoms with Crippen LogP contribution in [0.25, 0.3) is 0 Å². The van der Waals surface area contributed by atoms with Crippen molar-refractivity contribution in [2.24, 2.45) is 11.6 Å². The summed E-state index contributed by atoms with van der Waals surface area (Å²) in [6, 6.07) is 0. The van der Waals surface area contributed by atoms with Crippen LogP contribution in [0.3, 0.4) is 0 Å². The van der Waals surface area contributed by atoms with Gasteiger partial charge in [-0.2, -0.15) is 0 Å². The second-order valence-corrected chi connectivity index (χ2v) is 1.32. The molecule has 1 amide bonds. The Kier molecular flexibility index (Phi) is 2.64. The van der Waals surface area contributed by atoms with Crippen LogP contribution in [0.2, 0.25) is 0 Å². The number of hydrogen-bond acceptors (Lipinski definition) is 3. The Balaban J connectivity index is 3.38. The molecule has 46 valence electrons. The van der Waals surface area contributed by atoms with Crippen LogP contribution in [0.4, 0.5) is 0 Å². The van der Waals surface area contributed by atoms with E-state index >= 15 is 0 Å². The summed E-state index contributed by atoms with van der Waals surface area (Å²) in [5.41, 5.74) is 4.76. The number of amides is 1. The van der Waals surface area contributed by atoms with Gasteiger partial charge in [-0.25, -0.2) is 5.84 Å². The van der Waals surface area contributed by atoms with Gasteiger partial charge in [0.25, 0.3) is 0 Å². The highest BCUT2D eigenvalue weighted by Crippen LogP contribution is 1.71. The van der Waals surface area contributed by atoms with Crippen LogP contribution in [0, 0.1) is 0 Å². The Morgan fingerprint density at radius 3 is 2.50 bits per heavy atom. The standard InChI is InChI=1S/C4H9N3O/c1-2-7(6)3-4(5)8/h2H,1,3,6H2,(H2,5,8). The van der Waals surface area contributed by atoms with E-state index in [0.29, 0.717) is 0 Å². The lowest BCUT2D eigenvalue weighted by molar-refractivity contribution is -0.118. The molecule has 0 aliphatic rings. The van der Waals surface area contributed by atoms with Gasteiger partial charge in [-0.1, -0.05) is 6.58 Å². The van der Waals surface area contributed by atoms with Gasteiger partial charge in [0.1, 0.15) is 6.54 Å². The molecule has 0 radical (unpaired) electrons. The molecule has 0 fully saturated rings. The SMILES string of the molecule is C=CN(N)CC(N)=O. The maximum atomic E-state index is 10.0. The van der Waals surface area contributed by atoms with Gasteiger partial charge < -0.3 is 10.7 Å². The van der Waals surface area contributed by atoms with Crippen LogP contribution in [0.5, 0.6) is 0 Å². The highest BCUT2D eigenvalue weighted by Gasteiger charge is 1.93. The number of nitrogens with zero attached hydrogens (tertiary/aromatic N) is 1. The van der Waals surface area contributed by atoms with Crippen LogP contribution in [0.1, 0.15) is 0 Å². The summed E-state index contributed by atoms with van der Waals surface area (Å²) in [7, 11) is 0. The number of hydrazine groups is 1. The molecule has 4 heteroatoms. The lowest BCUT2D eigenvalue weighted by Gasteiger charge is -2.07. The fraction of sp³-hybridized carbons (Fsp3) is 0.250. The van der Waals surface area contributed by atoms with Gasteiger partial charge in [-0.05, 0) is 0 Å². The van der Waals surface area contributed by atoms with Crippen molar-refractivity contribution in [3.8, 4) is 0 Å². The average molecular weight is 115 g/mol. The molecular weight excluding hydrogens is 106 g/mol. The third-order valence-corrected chi connectivity index (χ3v) is 0.573. The van der Waals surface area contributed by atoms with Gasteiger partial charge in [-0.15, -0.1) is 0 Å². The van der Waals surface area contributed by atoms with Gasteiger partial charge in [0.15, 0.2) is 0 Å². The summed E-state index contributed by atoms with van der Waals surface area (Å²) in [4.78, 5) is 10.0. The van der Waals surface area contributed by atoms with E-state index in [1.54, 1.807) is 0 Å². The minimum absolute atomic E-state index is 0.0174. The van der Waals surface area contributed by atoms with Crippen molar-refractivity contribution >= 4 is 5.91 Å². The van der Waals surface area contributed by atoms with Crippen LogP contribution in [-0.2, 0) is 4.79 Å². The molecule has 0 atom stereocenters. The Bertz CT molecular complexity index is 101. The molecule has 0 aliphatic heterocycles. The minimum Gasteiger partial charge on any atom is -0.368 e. The lowest BCUT2D eigenvalue weighted by Crippen LogP contribution is -2.34. The summed E-state index contributed by atoms with van der Waals surface area (Å²) in [6.45, 7) is 3.32.